The molecule has 2 aromatic rings. The molecular formula is C24H32N2O5. The van der Waals surface area contributed by atoms with Crippen LogP contribution in [0.3, 0.4) is 0 Å². The minimum Gasteiger partial charge on any atom is -0.492 e. The van der Waals surface area contributed by atoms with Crippen LogP contribution in [0.25, 0.3) is 0 Å². The van der Waals surface area contributed by atoms with Crippen LogP contribution in [0.2, 0.25) is 0 Å². The number of benzene rings is 2. The molecule has 1 saturated heterocycles. The number of nitrogens with one attached hydrogen (secondary N) is 1. The Balaban J connectivity index is 1.78. The molecule has 0 spiro atoms. The van der Waals surface area contributed by atoms with E-state index in [4.69, 9.17) is 18.9 Å². The number of carbonyl (C=O) groups is 1. The largest absolute Gasteiger partial charge is 0.492 e. The fourth-order valence-corrected chi connectivity index (χ4v) is 3.45. The van der Waals surface area contributed by atoms with Gasteiger partial charge in [-0.2, -0.15) is 0 Å². The van der Waals surface area contributed by atoms with Gasteiger partial charge in [-0.25, -0.2) is 0 Å². The second kappa shape index (κ2) is 10.9. The van der Waals surface area contributed by atoms with E-state index in [0.717, 1.165) is 29.9 Å². The monoisotopic (exact) mass is 428 g/mol. The van der Waals surface area contributed by atoms with Crippen molar-refractivity contribution in [2.45, 2.75) is 27.7 Å². The maximum atomic E-state index is 12.6. The third kappa shape index (κ3) is 5.82. The fourth-order valence-electron chi connectivity index (χ4n) is 3.45. The Morgan fingerprint density at radius 2 is 1.71 bits per heavy atom. The Morgan fingerprint density at radius 1 is 1.00 bits per heavy atom. The molecule has 0 aliphatic carbocycles. The van der Waals surface area contributed by atoms with Gasteiger partial charge in [0.15, 0.2) is 6.61 Å². The van der Waals surface area contributed by atoms with Crippen molar-refractivity contribution in [1.29, 1.82) is 0 Å². The first-order valence-electron chi connectivity index (χ1n) is 10.8. The van der Waals surface area contributed by atoms with E-state index in [0.29, 0.717) is 49.4 Å². The van der Waals surface area contributed by atoms with E-state index in [1.54, 1.807) is 0 Å². The van der Waals surface area contributed by atoms with Crippen molar-refractivity contribution < 1.29 is 23.7 Å². The number of aryl methyl sites for hydroxylation is 1. The van der Waals surface area contributed by atoms with E-state index < -0.39 is 0 Å². The van der Waals surface area contributed by atoms with Crippen molar-refractivity contribution >= 4 is 17.3 Å². The second-order valence-electron chi connectivity index (χ2n) is 7.32. The fraction of sp³-hybridized carbons (Fsp3) is 0.458. The average molecular weight is 429 g/mol. The zero-order chi connectivity index (χ0) is 22.2. The highest BCUT2D eigenvalue weighted by Crippen LogP contribution is 2.39. The molecule has 31 heavy (non-hydrogen) atoms. The lowest BCUT2D eigenvalue weighted by molar-refractivity contribution is -0.118. The summed E-state index contributed by atoms with van der Waals surface area (Å²) in [5.41, 5.74) is 3.66. The molecule has 1 heterocycles. The molecule has 1 N–H and O–H groups in total. The normalized spacial score (nSPS) is 13.6. The summed E-state index contributed by atoms with van der Waals surface area (Å²) in [5.74, 6) is 1.76. The third-order valence-electron chi connectivity index (χ3n) is 5.20. The van der Waals surface area contributed by atoms with E-state index in [1.165, 1.54) is 0 Å². The first kappa shape index (κ1) is 22.7. The quantitative estimate of drug-likeness (QED) is 0.652. The smallest absolute Gasteiger partial charge is 0.262 e. The average Bonchev–Trinajstić information content (AvgIpc) is 2.77. The molecule has 0 aromatic heterocycles. The molecule has 0 saturated carbocycles. The molecule has 1 amide bonds. The van der Waals surface area contributed by atoms with Crippen molar-refractivity contribution in [2.24, 2.45) is 0 Å². The van der Waals surface area contributed by atoms with Crippen LogP contribution in [0.5, 0.6) is 17.2 Å². The molecular weight excluding hydrogens is 396 g/mol. The summed E-state index contributed by atoms with van der Waals surface area (Å²) in [7, 11) is 0. The number of morpholine rings is 1. The Kier molecular flexibility index (Phi) is 8.00. The zero-order valence-electron chi connectivity index (χ0n) is 18.8. The summed E-state index contributed by atoms with van der Waals surface area (Å²) in [6, 6.07) is 9.56. The Bertz CT molecular complexity index is 894. The van der Waals surface area contributed by atoms with Gasteiger partial charge in [0.2, 0.25) is 0 Å². The van der Waals surface area contributed by atoms with Gasteiger partial charge in [0.05, 0.1) is 37.8 Å². The zero-order valence-corrected chi connectivity index (χ0v) is 18.8. The number of carbonyl (C=O) groups excluding carboxylic acids is 1. The number of amides is 1. The SMILES string of the molecule is CCOc1cc(N2CCOCC2)c(OCC)cc1NC(=O)COc1cccc(C)c1C. The van der Waals surface area contributed by atoms with Crippen LogP contribution in [0.15, 0.2) is 30.3 Å². The lowest BCUT2D eigenvalue weighted by Gasteiger charge is -2.31. The highest BCUT2D eigenvalue weighted by atomic mass is 16.5. The van der Waals surface area contributed by atoms with E-state index in [1.807, 2.05) is 58.0 Å². The highest BCUT2D eigenvalue weighted by molar-refractivity contribution is 5.94. The van der Waals surface area contributed by atoms with Crippen LogP contribution in [0, 0.1) is 13.8 Å². The highest BCUT2D eigenvalue weighted by Gasteiger charge is 2.20. The van der Waals surface area contributed by atoms with E-state index >= 15 is 0 Å². The predicted molar refractivity (Wildman–Crippen MR) is 122 cm³/mol. The van der Waals surface area contributed by atoms with Crippen molar-refractivity contribution in [3.8, 4) is 17.2 Å². The number of rotatable bonds is 9. The van der Waals surface area contributed by atoms with Gasteiger partial charge in [0.1, 0.15) is 17.2 Å². The molecule has 1 aliphatic rings. The van der Waals surface area contributed by atoms with Crippen LogP contribution >= 0.6 is 0 Å². The van der Waals surface area contributed by atoms with Gasteiger partial charge in [-0.05, 0) is 44.9 Å². The molecule has 3 rings (SSSR count). The van der Waals surface area contributed by atoms with Crippen LogP contribution in [0.4, 0.5) is 11.4 Å². The maximum absolute atomic E-state index is 12.6. The molecule has 1 fully saturated rings. The molecule has 0 radical (unpaired) electrons. The number of nitrogens with zero attached hydrogens (tertiary/aromatic N) is 1. The lowest BCUT2D eigenvalue weighted by atomic mass is 10.1. The standard InChI is InChI=1S/C24H32N2O5/c1-5-29-22-15-20(26-10-12-28-13-11-26)23(30-6-2)14-19(22)25-24(27)16-31-21-9-7-8-17(3)18(21)4/h7-9,14-15H,5-6,10-13,16H2,1-4H3,(H,25,27). The molecule has 7 heteroatoms. The van der Waals surface area contributed by atoms with E-state index in [-0.39, 0.29) is 12.5 Å². The van der Waals surface area contributed by atoms with Crippen molar-refractivity contribution in [3.05, 3.63) is 41.5 Å². The summed E-state index contributed by atoms with van der Waals surface area (Å²) in [5, 5.41) is 2.92. The van der Waals surface area contributed by atoms with E-state index in [2.05, 4.69) is 10.2 Å². The van der Waals surface area contributed by atoms with Crippen molar-refractivity contribution in [3.63, 3.8) is 0 Å². The first-order valence-corrected chi connectivity index (χ1v) is 10.8. The van der Waals surface area contributed by atoms with Gasteiger partial charge in [-0.1, -0.05) is 12.1 Å². The Morgan fingerprint density at radius 3 is 2.42 bits per heavy atom. The van der Waals surface area contributed by atoms with Gasteiger partial charge in [0, 0.05) is 25.2 Å². The van der Waals surface area contributed by atoms with Gasteiger partial charge >= 0.3 is 0 Å². The molecule has 168 valence electrons. The van der Waals surface area contributed by atoms with Crippen LogP contribution in [0.1, 0.15) is 25.0 Å². The summed E-state index contributed by atoms with van der Waals surface area (Å²) < 4.78 is 22.9. The number of hydrogen-bond acceptors (Lipinski definition) is 6. The topological polar surface area (TPSA) is 69.3 Å². The van der Waals surface area contributed by atoms with Crippen molar-refractivity contribution in [1.82, 2.24) is 0 Å². The molecule has 7 nitrogen and oxygen atoms in total. The summed E-state index contributed by atoms with van der Waals surface area (Å²) in [6.07, 6.45) is 0. The summed E-state index contributed by atoms with van der Waals surface area (Å²) >= 11 is 0. The summed E-state index contributed by atoms with van der Waals surface area (Å²) in [6.45, 7) is 11.7. The number of ether oxygens (including phenoxy) is 4. The van der Waals surface area contributed by atoms with Crippen LogP contribution < -0.4 is 24.4 Å². The third-order valence-corrected chi connectivity index (χ3v) is 5.20. The predicted octanol–water partition coefficient (Wildman–Crippen LogP) is 3.95. The molecule has 0 bridgehead atoms. The first-order chi connectivity index (χ1) is 15.0. The number of hydrogen-bond donors (Lipinski definition) is 1. The van der Waals surface area contributed by atoms with Gasteiger partial charge < -0.3 is 29.2 Å². The van der Waals surface area contributed by atoms with Gasteiger partial charge in [0.25, 0.3) is 5.91 Å². The molecule has 2 aromatic carbocycles. The molecule has 0 unspecified atom stereocenters. The lowest BCUT2D eigenvalue weighted by Crippen LogP contribution is -2.36. The molecule has 1 aliphatic heterocycles. The Hall–Kier alpha value is -2.93. The minimum atomic E-state index is -0.261. The molecule has 0 atom stereocenters. The van der Waals surface area contributed by atoms with Crippen LogP contribution in [-0.4, -0.2) is 52.0 Å². The van der Waals surface area contributed by atoms with Gasteiger partial charge in [-0.15, -0.1) is 0 Å². The van der Waals surface area contributed by atoms with Gasteiger partial charge in [-0.3, -0.25) is 4.79 Å². The van der Waals surface area contributed by atoms with E-state index in [9.17, 15) is 4.79 Å². The van der Waals surface area contributed by atoms with Crippen molar-refractivity contribution in [2.75, 3.05) is 56.3 Å². The Labute approximate surface area is 184 Å². The maximum Gasteiger partial charge on any atom is 0.262 e. The number of anilines is 2. The second-order valence-corrected chi connectivity index (χ2v) is 7.32. The summed E-state index contributed by atoms with van der Waals surface area (Å²) in [4.78, 5) is 14.8. The van der Waals surface area contributed by atoms with Crippen LogP contribution in [-0.2, 0) is 9.53 Å². The minimum absolute atomic E-state index is 0.0922.